The number of nitrogens with zero attached hydrogens (tertiary/aromatic N) is 1. The molecule has 0 amide bonds. The average Bonchev–Trinajstić information content (AvgIpc) is 2.60. The van der Waals surface area contributed by atoms with E-state index in [1.54, 1.807) is 6.07 Å². The molecule has 2 aliphatic carbocycles. The molecule has 1 N–H and O–H groups in total. The molecule has 1 aromatic carbocycles. The molecule has 3 aliphatic rings. The Hall–Kier alpha value is -2.67. The summed E-state index contributed by atoms with van der Waals surface area (Å²) in [6.07, 6.45) is 4.49. The fraction of sp³-hybridized carbons (Fsp3) is 0.350. The van der Waals surface area contributed by atoms with Gasteiger partial charge in [-0.1, -0.05) is 24.3 Å². The standard InChI is InChI=1S/C20H18N2O2/c1-21-13-6-2-5-12(11-13)18-19-14(7-3-9-16(19)23)22-15-8-4-10-17(24)20(15)18/h2,5-6,11,18,22H,3-4,7-10H2. The second-order valence-electron chi connectivity index (χ2n) is 6.60. The molecule has 0 bridgehead atoms. The van der Waals surface area contributed by atoms with E-state index in [1.165, 1.54) is 0 Å². The van der Waals surface area contributed by atoms with E-state index < -0.39 is 0 Å². The van der Waals surface area contributed by atoms with Crippen molar-refractivity contribution in [1.82, 2.24) is 5.32 Å². The van der Waals surface area contributed by atoms with Crippen LogP contribution < -0.4 is 5.32 Å². The summed E-state index contributed by atoms with van der Waals surface area (Å²) in [4.78, 5) is 28.8. The zero-order chi connectivity index (χ0) is 16.7. The number of rotatable bonds is 1. The Morgan fingerprint density at radius 1 is 0.958 bits per heavy atom. The van der Waals surface area contributed by atoms with Crippen molar-refractivity contribution in [2.24, 2.45) is 0 Å². The predicted octanol–water partition coefficient (Wildman–Crippen LogP) is 3.94. The van der Waals surface area contributed by atoms with Crippen LogP contribution in [-0.4, -0.2) is 11.6 Å². The van der Waals surface area contributed by atoms with E-state index >= 15 is 0 Å². The van der Waals surface area contributed by atoms with Crippen molar-refractivity contribution in [3.05, 3.63) is 63.8 Å². The normalized spacial score (nSPS) is 21.1. The molecule has 1 heterocycles. The van der Waals surface area contributed by atoms with Crippen molar-refractivity contribution in [2.45, 2.75) is 44.4 Å². The van der Waals surface area contributed by atoms with Gasteiger partial charge in [0.1, 0.15) is 0 Å². The number of dihydropyridines is 1. The maximum Gasteiger partial charge on any atom is 0.187 e. The fourth-order valence-electron chi connectivity index (χ4n) is 4.09. The van der Waals surface area contributed by atoms with Crippen molar-refractivity contribution in [2.75, 3.05) is 0 Å². The van der Waals surface area contributed by atoms with E-state index in [0.717, 1.165) is 53.8 Å². The highest BCUT2D eigenvalue weighted by Gasteiger charge is 2.39. The molecule has 0 spiro atoms. The number of Topliss-reactive ketones (excluding diaryl/α,β-unsaturated/α-hetero) is 2. The van der Waals surface area contributed by atoms with Gasteiger partial charge in [-0.15, -0.1) is 0 Å². The Labute approximate surface area is 141 Å². The zero-order valence-corrected chi connectivity index (χ0v) is 13.4. The van der Waals surface area contributed by atoms with Crippen LogP contribution in [0.3, 0.4) is 0 Å². The first-order valence-electron chi connectivity index (χ1n) is 8.46. The summed E-state index contributed by atoms with van der Waals surface area (Å²) in [6, 6.07) is 7.35. The molecule has 0 radical (unpaired) electrons. The first-order valence-corrected chi connectivity index (χ1v) is 8.46. The monoisotopic (exact) mass is 318 g/mol. The predicted molar refractivity (Wildman–Crippen MR) is 90.3 cm³/mol. The first-order chi connectivity index (χ1) is 11.7. The smallest absolute Gasteiger partial charge is 0.187 e. The van der Waals surface area contributed by atoms with Crippen LogP contribution in [0.5, 0.6) is 0 Å². The highest BCUT2D eigenvalue weighted by Crippen LogP contribution is 2.45. The summed E-state index contributed by atoms with van der Waals surface area (Å²) >= 11 is 0. The molecule has 0 saturated carbocycles. The summed E-state index contributed by atoms with van der Waals surface area (Å²) in [6.45, 7) is 7.25. The molecule has 0 aromatic heterocycles. The average molecular weight is 318 g/mol. The molecule has 24 heavy (non-hydrogen) atoms. The Balaban J connectivity index is 1.92. The van der Waals surface area contributed by atoms with Crippen molar-refractivity contribution in [1.29, 1.82) is 0 Å². The minimum Gasteiger partial charge on any atom is -0.362 e. The van der Waals surface area contributed by atoms with Gasteiger partial charge in [-0.3, -0.25) is 9.59 Å². The molecule has 0 saturated heterocycles. The molecule has 4 nitrogen and oxygen atoms in total. The van der Waals surface area contributed by atoms with Gasteiger partial charge in [0.05, 0.1) is 6.57 Å². The van der Waals surface area contributed by atoms with Crippen LogP contribution in [0.25, 0.3) is 4.85 Å². The second kappa shape index (κ2) is 5.76. The highest BCUT2D eigenvalue weighted by atomic mass is 16.1. The summed E-state index contributed by atoms with van der Waals surface area (Å²) in [5.41, 5.74) is 4.89. The third-order valence-electron chi connectivity index (χ3n) is 5.12. The van der Waals surface area contributed by atoms with Crippen LogP contribution in [0.1, 0.15) is 50.0 Å². The minimum absolute atomic E-state index is 0.131. The van der Waals surface area contributed by atoms with Crippen molar-refractivity contribution in [3.63, 3.8) is 0 Å². The molecular formula is C20H18N2O2. The van der Waals surface area contributed by atoms with Gasteiger partial charge in [-0.25, -0.2) is 4.85 Å². The Morgan fingerprint density at radius 2 is 1.58 bits per heavy atom. The molecule has 0 fully saturated rings. The number of allylic oxidation sites excluding steroid dienone is 4. The minimum atomic E-state index is -0.307. The van der Waals surface area contributed by atoms with Crippen LogP contribution in [-0.2, 0) is 9.59 Å². The lowest BCUT2D eigenvalue weighted by Crippen LogP contribution is -2.36. The fourth-order valence-corrected chi connectivity index (χ4v) is 4.09. The molecule has 1 aliphatic heterocycles. The zero-order valence-electron chi connectivity index (χ0n) is 13.4. The third-order valence-corrected chi connectivity index (χ3v) is 5.12. The van der Waals surface area contributed by atoms with Crippen molar-refractivity contribution >= 4 is 17.3 Å². The maximum absolute atomic E-state index is 12.7. The SMILES string of the molecule is [C-]#[N+]c1cccc(C2C3=C(CCCC3=O)NC3=C2C(=O)CCC3)c1. The quantitative estimate of drug-likeness (QED) is 0.798. The number of benzene rings is 1. The lowest BCUT2D eigenvalue weighted by Gasteiger charge is -2.37. The number of hydrogen-bond acceptors (Lipinski definition) is 3. The van der Waals surface area contributed by atoms with E-state index in [-0.39, 0.29) is 17.5 Å². The topological polar surface area (TPSA) is 50.5 Å². The number of ketones is 2. The Bertz CT molecular complexity index is 813. The number of carbonyl (C=O) groups is 2. The lowest BCUT2D eigenvalue weighted by molar-refractivity contribution is -0.116. The summed E-state index contributed by atoms with van der Waals surface area (Å²) in [5.74, 6) is -0.0441. The van der Waals surface area contributed by atoms with Crippen LogP contribution in [0.4, 0.5) is 5.69 Å². The third kappa shape index (κ3) is 2.28. The Morgan fingerprint density at radius 3 is 2.17 bits per heavy atom. The van der Waals surface area contributed by atoms with Crippen LogP contribution in [0.2, 0.25) is 0 Å². The lowest BCUT2D eigenvalue weighted by atomic mass is 9.71. The van der Waals surface area contributed by atoms with Gasteiger partial charge in [0.15, 0.2) is 17.3 Å². The van der Waals surface area contributed by atoms with Crippen LogP contribution in [0.15, 0.2) is 46.8 Å². The van der Waals surface area contributed by atoms with Crippen molar-refractivity contribution in [3.8, 4) is 0 Å². The second-order valence-corrected chi connectivity index (χ2v) is 6.60. The molecule has 0 unspecified atom stereocenters. The largest absolute Gasteiger partial charge is 0.362 e. The van der Waals surface area contributed by atoms with Gasteiger partial charge in [-0.2, -0.15) is 0 Å². The molecular weight excluding hydrogens is 300 g/mol. The van der Waals surface area contributed by atoms with Crippen molar-refractivity contribution < 1.29 is 9.59 Å². The van der Waals surface area contributed by atoms with Gasteiger partial charge in [0, 0.05) is 41.3 Å². The number of nitrogens with one attached hydrogen (secondary N) is 1. The van der Waals surface area contributed by atoms with E-state index in [4.69, 9.17) is 6.57 Å². The maximum atomic E-state index is 12.7. The summed E-state index contributed by atoms with van der Waals surface area (Å²) in [7, 11) is 0. The molecule has 1 aromatic rings. The van der Waals surface area contributed by atoms with E-state index in [2.05, 4.69) is 10.2 Å². The molecule has 4 rings (SSSR count). The first kappa shape index (κ1) is 14.9. The number of hydrogen-bond donors (Lipinski definition) is 1. The van der Waals surface area contributed by atoms with Gasteiger partial charge in [-0.05, 0) is 31.2 Å². The van der Waals surface area contributed by atoms with E-state index in [0.29, 0.717) is 18.5 Å². The Kier molecular flexibility index (Phi) is 3.57. The molecule has 120 valence electrons. The van der Waals surface area contributed by atoms with E-state index in [1.807, 2.05) is 18.2 Å². The molecule has 4 heteroatoms. The van der Waals surface area contributed by atoms with Gasteiger partial charge in [0.2, 0.25) is 0 Å². The van der Waals surface area contributed by atoms with Crippen LogP contribution in [0, 0.1) is 6.57 Å². The van der Waals surface area contributed by atoms with E-state index in [9.17, 15) is 9.59 Å². The van der Waals surface area contributed by atoms with Gasteiger partial charge in [0.25, 0.3) is 0 Å². The van der Waals surface area contributed by atoms with Crippen LogP contribution >= 0.6 is 0 Å². The summed E-state index contributed by atoms with van der Waals surface area (Å²) < 4.78 is 0. The van der Waals surface area contributed by atoms with Gasteiger partial charge >= 0.3 is 0 Å². The summed E-state index contributed by atoms with van der Waals surface area (Å²) in [5, 5.41) is 3.40. The molecule has 0 atom stereocenters. The number of carbonyl (C=O) groups excluding carboxylic acids is 2. The van der Waals surface area contributed by atoms with Gasteiger partial charge < -0.3 is 5.32 Å². The highest BCUT2D eigenvalue weighted by molar-refractivity contribution is 6.06.